The summed E-state index contributed by atoms with van der Waals surface area (Å²) in [7, 11) is 0. The van der Waals surface area contributed by atoms with Gasteiger partial charge in [0.05, 0.1) is 5.02 Å². The summed E-state index contributed by atoms with van der Waals surface area (Å²) >= 11 is 5.76. The van der Waals surface area contributed by atoms with Crippen LogP contribution in [0.25, 0.3) is 0 Å². The molecule has 0 aromatic heterocycles. The summed E-state index contributed by atoms with van der Waals surface area (Å²) in [4.78, 5) is 14.3. The first kappa shape index (κ1) is 17.5. The van der Waals surface area contributed by atoms with Crippen LogP contribution in [0, 0.1) is 11.2 Å². The molecule has 3 rings (SSSR count). The minimum Gasteiger partial charge on any atom is -0.339 e. The van der Waals surface area contributed by atoms with Crippen LogP contribution in [0.2, 0.25) is 5.02 Å². The number of halogens is 3. The van der Waals surface area contributed by atoms with Crippen molar-refractivity contribution in [2.75, 3.05) is 26.2 Å². The minimum absolute atomic E-state index is 0. The van der Waals surface area contributed by atoms with Gasteiger partial charge in [-0.05, 0) is 62.4 Å². The predicted molar refractivity (Wildman–Crippen MR) is 88.3 cm³/mol. The van der Waals surface area contributed by atoms with Gasteiger partial charge in [0.2, 0.25) is 0 Å². The van der Waals surface area contributed by atoms with Crippen molar-refractivity contribution in [1.82, 2.24) is 10.2 Å². The fourth-order valence-corrected chi connectivity index (χ4v) is 3.63. The normalized spacial score (nSPS) is 20.5. The first-order valence-electron chi connectivity index (χ1n) is 7.55. The smallest absolute Gasteiger partial charge is 0.253 e. The molecular weight excluding hydrogens is 326 g/mol. The summed E-state index contributed by atoms with van der Waals surface area (Å²) in [5.41, 5.74) is 0.894. The highest BCUT2D eigenvalue weighted by molar-refractivity contribution is 6.31. The van der Waals surface area contributed by atoms with Crippen LogP contribution in [-0.2, 0) is 0 Å². The number of likely N-dealkylation sites (tertiary alicyclic amines) is 1. The second kappa shape index (κ2) is 7.16. The van der Waals surface area contributed by atoms with Gasteiger partial charge < -0.3 is 10.2 Å². The van der Waals surface area contributed by atoms with Gasteiger partial charge in [-0.15, -0.1) is 12.4 Å². The van der Waals surface area contributed by atoms with Crippen molar-refractivity contribution in [1.29, 1.82) is 0 Å². The van der Waals surface area contributed by atoms with E-state index < -0.39 is 5.82 Å². The van der Waals surface area contributed by atoms with Crippen LogP contribution < -0.4 is 5.32 Å². The quantitative estimate of drug-likeness (QED) is 0.843. The summed E-state index contributed by atoms with van der Waals surface area (Å²) in [5.74, 6) is -0.527. The highest BCUT2D eigenvalue weighted by Gasteiger charge is 2.36. The number of carbonyl (C=O) groups is 1. The number of benzene rings is 1. The van der Waals surface area contributed by atoms with E-state index in [-0.39, 0.29) is 23.3 Å². The van der Waals surface area contributed by atoms with Crippen molar-refractivity contribution in [3.63, 3.8) is 0 Å². The van der Waals surface area contributed by atoms with Crippen molar-refractivity contribution >= 4 is 29.9 Å². The van der Waals surface area contributed by atoms with Crippen LogP contribution in [0.1, 0.15) is 36.0 Å². The number of piperidine rings is 2. The third-order valence-corrected chi connectivity index (χ3v) is 5.23. The molecule has 1 aromatic rings. The summed E-state index contributed by atoms with van der Waals surface area (Å²) in [6.45, 7) is 3.74. The molecule has 122 valence electrons. The molecule has 0 atom stereocenters. The van der Waals surface area contributed by atoms with E-state index >= 15 is 0 Å². The summed E-state index contributed by atoms with van der Waals surface area (Å²) < 4.78 is 13.2. The maximum Gasteiger partial charge on any atom is 0.253 e. The van der Waals surface area contributed by atoms with Gasteiger partial charge in [-0.1, -0.05) is 11.6 Å². The predicted octanol–water partition coefficient (Wildman–Crippen LogP) is 3.51. The zero-order valence-corrected chi connectivity index (χ0v) is 14.0. The van der Waals surface area contributed by atoms with Crippen LogP contribution in [0.15, 0.2) is 18.2 Å². The fraction of sp³-hybridized carbons (Fsp3) is 0.562. The highest BCUT2D eigenvalue weighted by atomic mass is 35.5. The molecule has 2 saturated heterocycles. The molecule has 0 aliphatic carbocycles. The monoisotopic (exact) mass is 346 g/mol. The van der Waals surface area contributed by atoms with Crippen LogP contribution in [0.5, 0.6) is 0 Å². The SMILES string of the molecule is Cl.O=C(c1ccc(F)c(Cl)c1)N1CCC2(CCNCC2)CC1. The van der Waals surface area contributed by atoms with Crippen LogP contribution in [0.3, 0.4) is 0 Å². The van der Waals surface area contributed by atoms with Gasteiger partial charge in [0.25, 0.3) is 5.91 Å². The van der Waals surface area contributed by atoms with Gasteiger partial charge in [0.15, 0.2) is 0 Å². The topological polar surface area (TPSA) is 32.3 Å². The first-order chi connectivity index (χ1) is 10.1. The second-order valence-corrected chi connectivity index (χ2v) is 6.58. The molecule has 0 unspecified atom stereocenters. The molecule has 2 heterocycles. The van der Waals surface area contributed by atoms with Crippen LogP contribution in [-0.4, -0.2) is 37.0 Å². The second-order valence-electron chi connectivity index (χ2n) is 6.17. The molecule has 22 heavy (non-hydrogen) atoms. The maximum absolute atomic E-state index is 13.2. The van der Waals surface area contributed by atoms with E-state index in [0.29, 0.717) is 11.0 Å². The van der Waals surface area contributed by atoms with E-state index in [1.165, 1.54) is 31.0 Å². The Bertz CT molecular complexity index is 537. The number of hydrogen-bond acceptors (Lipinski definition) is 2. The number of hydrogen-bond donors (Lipinski definition) is 1. The van der Waals surface area contributed by atoms with Crippen LogP contribution >= 0.6 is 24.0 Å². The minimum atomic E-state index is -0.486. The van der Waals surface area contributed by atoms with E-state index in [2.05, 4.69) is 5.32 Å². The van der Waals surface area contributed by atoms with Crippen molar-refractivity contribution in [3.8, 4) is 0 Å². The Hall–Kier alpha value is -0.840. The van der Waals surface area contributed by atoms with Gasteiger partial charge >= 0.3 is 0 Å². The van der Waals surface area contributed by atoms with Gasteiger partial charge in [0.1, 0.15) is 5.82 Å². The van der Waals surface area contributed by atoms with Crippen molar-refractivity contribution in [3.05, 3.63) is 34.6 Å². The standard InChI is InChI=1S/C16H20ClFN2O.ClH/c17-13-11-12(1-2-14(13)18)15(21)20-9-5-16(6-10-20)3-7-19-8-4-16;/h1-2,11,19H,3-10H2;1H. The Morgan fingerprint density at radius 1 is 1.18 bits per heavy atom. The lowest BCUT2D eigenvalue weighted by molar-refractivity contribution is 0.0495. The average Bonchev–Trinajstić information content (AvgIpc) is 2.51. The van der Waals surface area contributed by atoms with E-state index in [1.54, 1.807) is 0 Å². The molecule has 2 aliphatic rings. The molecule has 3 nitrogen and oxygen atoms in total. The lowest BCUT2D eigenvalue weighted by atomic mass is 9.71. The van der Waals surface area contributed by atoms with Gasteiger partial charge in [-0.3, -0.25) is 4.79 Å². The molecular formula is C16H21Cl2FN2O. The summed E-state index contributed by atoms with van der Waals surface area (Å²) in [5, 5.41) is 3.40. The fourth-order valence-electron chi connectivity index (χ4n) is 3.45. The van der Waals surface area contributed by atoms with E-state index in [9.17, 15) is 9.18 Å². The van der Waals surface area contributed by atoms with Gasteiger partial charge in [-0.2, -0.15) is 0 Å². The summed E-state index contributed by atoms with van der Waals surface area (Å²) in [6, 6.07) is 4.19. The zero-order chi connectivity index (χ0) is 14.9. The third-order valence-electron chi connectivity index (χ3n) is 4.94. The maximum atomic E-state index is 13.2. The number of nitrogens with zero attached hydrogens (tertiary/aromatic N) is 1. The van der Waals surface area contributed by atoms with Crippen molar-refractivity contribution in [2.24, 2.45) is 5.41 Å². The average molecular weight is 347 g/mol. The Balaban J connectivity index is 0.00000176. The Kier molecular flexibility index (Phi) is 5.70. The third kappa shape index (κ3) is 3.55. The number of rotatable bonds is 1. The molecule has 6 heteroatoms. The zero-order valence-electron chi connectivity index (χ0n) is 12.4. The number of carbonyl (C=O) groups excluding carboxylic acids is 1. The van der Waals surface area contributed by atoms with Crippen molar-refractivity contribution in [2.45, 2.75) is 25.7 Å². The summed E-state index contributed by atoms with van der Waals surface area (Å²) in [6.07, 6.45) is 4.54. The molecule has 0 saturated carbocycles. The van der Waals surface area contributed by atoms with E-state index in [1.807, 2.05) is 4.90 Å². The Morgan fingerprint density at radius 3 is 2.41 bits per heavy atom. The van der Waals surface area contributed by atoms with Gasteiger partial charge in [0, 0.05) is 18.7 Å². The lowest BCUT2D eigenvalue weighted by Gasteiger charge is -2.44. The van der Waals surface area contributed by atoms with Crippen molar-refractivity contribution < 1.29 is 9.18 Å². The molecule has 2 aliphatic heterocycles. The lowest BCUT2D eigenvalue weighted by Crippen LogP contribution is -2.47. The number of nitrogens with one attached hydrogen (secondary N) is 1. The largest absolute Gasteiger partial charge is 0.339 e. The molecule has 1 amide bonds. The molecule has 0 bridgehead atoms. The molecule has 0 radical (unpaired) electrons. The first-order valence-corrected chi connectivity index (χ1v) is 7.93. The van der Waals surface area contributed by atoms with E-state index in [0.717, 1.165) is 39.0 Å². The van der Waals surface area contributed by atoms with Gasteiger partial charge in [-0.25, -0.2) is 4.39 Å². The number of amides is 1. The Labute approximate surface area is 141 Å². The molecule has 1 aromatic carbocycles. The molecule has 1 N–H and O–H groups in total. The van der Waals surface area contributed by atoms with E-state index in [4.69, 9.17) is 11.6 Å². The van der Waals surface area contributed by atoms with Crippen LogP contribution in [0.4, 0.5) is 4.39 Å². The highest BCUT2D eigenvalue weighted by Crippen LogP contribution is 2.39. The molecule has 2 fully saturated rings. The molecule has 1 spiro atoms. The Morgan fingerprint density at radius 2 is 1.82 bits per heavy atom.